The van der Waals surface area contributed by atoms with Crippen LogP contribution < -0.4 is 11.5 Å². The van der Waals surface area contributed by atoms with E-state index in [1.165, 1.54) is 0 Å². The molecule has 17 heavy (non-hydrogen) atoms. The SMILES string of the molecule is CCOC(=O)C(N)Cc1cc(C)c(N)c(Cl)c1. The second-order valence-corrected chi connectivity index (χ2v) is 4.28. The first-order valence-corrected chi connectivity index (χ1v) is 5.80. The Morgan fingerprint density at radius 2 is 2.18 bits per heavy atom. The summed E-state index contributed by atoms with van der Waals surface area (Å²) in [5.41, 5.74) is 13.8. The Hall–Kier alpha value is -1.26. The molecule has 0 aliphatic rings. The molecule has 0 bridgehead atoms. The predicted octanol–water partition coefficient (Wildman–Crippen LogP) is 1.66. The highest BCUT2D eigenvalue weighted by Gasteiger charge is 2.16. The number of benzene rings is 1. The molecule has 0 aromatic heterocycles. The van der Waals surface area contributed by atoms with Crippen LogP contribution in [0.15, 0.2) is 12.1 Å². The van der Waals surface area contributed by atoms with Crippen molar-refractivity contribution in [2.45, 2.75) is 26.3 Å². The van der Waals surface area contributed by atoms with Gasteiger partial charge in [-0.25, -0.2) is 0 Å². The molecule has 0 spiro atoms. The summed E-state index contributed by atoms with van der Waals surface area (Å²) < 4.78 is 4.84. The van der Waals surface area contributed by atoms with E-state index in [0.717, 1.165) is 11.1 Å². The van der Waals surface area contributed by atoms with Gasteiger partial charge in [0.1, 0.15) is 6.04 Å². The fraction of sp³-hybridized carbons (Fsp3) is 0.417. The van der Waals surface area contributed by atoms with Crippen LogP contribution in [0.5, 0.6) is 0 Å². The Morgan fingerprint density at radius 1 is 1.53 bits per heavy atom. The van der Waals surface area contributed by atoms with Gasteiger partial charge in [0.05, 0.1) is 17.3 Å². The van der Waals surface area contributed by atoms with Crippen molar-refractivity contribution in [1.82, 2.24) is 0 Å². The van der Waals surface area contributed by atoms with Crippen LogP contribution in [0.25, 0.3) is 0 Å². The number of hydrogen-bond donors (Lipinski definition) is 2. The highest BCUT2D eigenvalue weighted by atomic mass is 35.5. The first kappa shape index (κ1) is 13.8. The molecule has 4 nitrogen and oxygen atoms in total. The van der Waals surface area contributed by atoms with E-state index in [-0.39, 0.29) is 0 Å². The predicted molar refractivity (Wildman–Crippen MR) is 68.9 cm³/mol. The maximum Gasteiger partial charge on any atom is 0.323 e. The summed E-state index contributed by atoms with van der Waals surface area (Å²) in [4.78, 5) is 11.4. The molecule has 0 fully saturated rings. The largest absolute Gasteiger partial charge is 0.465 e. The third-order valence-electron chi connectivity index (χ3n) is 2.44. The number of nitrogens with two attached hydrogens (primary N) is 2. The molecule has 1 rings (SSSR count). The number of hydrogen-bond acceptors (Lipinski definition) is 4. The molecule has 0 aliphatic carbocycles. The molecule has 0 radical (unpaired) electrons. The van der Waals surface area contributed by atoms with Crippen LogP contribution in [0, 0.1) is 6.92 Å². The molecule has 1 atom stereocenters. The van der Waals surface area contributed by atoms with Gasteiger partial charge < -0.3 is 16.2 Å². The minimum atomic E-state index is -0.672. The number of esters is 1. The van der Waals surface area contributed by atoms with Crippen molar-refractivity contribution in [3.63, 3.8) is 0 Å². The van der Waals surface area contributed by atoms with E-state index in [4.69, 9.17) is 27.8 Å². The average Bonchev–Trinajstić information content (AvgIpc) is 2.26. The van der Waals surface area contributed by atoms with Crippen LogP contribution in [-0.2, 0) is 16.0 Å². The topological polar surface area (TPSA) is 78.3 Å². The number of ether oxygens (including phenoxy) is 1. The molecule has 4 N–H and O–H groups in total. The molecule has 1 aromatic carbocycles. The maximum atomic E-state index is 11.4. The van der Waals surface area contributed by atoms with Gasteiger partial charge in [-0.15, -0.1) is 0 Å². The van der Waals surface area contributed by atoms with Gasteiger partial charge in [-0.3, -0.25) is 4.79 Å². The number of anilines is 1. The van der Waals surface area contributed by atoms with Crippen LogP contribution in [0.3, 0.4) is 0 Å². The number of aryl methyl sites for hydroxylation is 1. The second-order valence-electron chi connectivity index (χ2n) is 3.87. The molecule has 0 heterocycles. The van der Waals surface area contributed by atoms with E-state index in [1.807, 2.05) is 13.0 Å². The van der Waals surface area contributed by atoms with E-state index >= 15 is 0 Å². The van der Waals surface area contributed by atoms with E-state index in [9.17, 15) is 4.79 Å². The Morgan fingerprint density at radius 3 is 2.71 bits per heavy atom. The molecule has 0 saturated heterocycles. The Balaban J connectivity index is 2.78. The fourth-order valence-corrected chi connectivity index (χ4v) is 1.82. The lowest BCUT2D eigenvalue weighted by Gasteiger charge is -2.12. The summed E-state index contributed by atoms with van der Waals surface area (Å²) in [5.74, 6) is -0.405. The van der Waals surface area contributed by atoms with Crippen LogP contribution in [0.1, 0.15) is 18.1 Å². The summed E-state index contributed by atoms with van der Waals surface area (Å²) in [7, 11) is 0. The summed E-state index contributed by atoms with van der Waals surface area (Å²) in [6, 6.07) is 2.93. The van der Waals surface area contributed by atoms with Crippen molar-refractivity contribution >= 4 is 23.3 Å². The van der Waals surface area contributed by atoms with Crippen molar-refractivity contribution in [3.8, 4) is 0 Å². The molecule has 1 aromatic rings. The van der Waals surface area contributed by atoms with Gasteiger partial charge in [0.2, 0.25) is 0 Å². The normalized spacial score (nSPS) is 12.2. The number of nitrogen functional groups attached to an aromatic ring is 1. The molecule has 94 valence electrons. The Kier molecular flexibility index (Phi) is 4.78. The van der Waals surface area contributed by atoms with Crippen LogP contribution >= 0.6 is 11.6 Å². The van der Waals surface area contributed by atoms with Crippen molar-refractivity contribution in [2.75, 3.05) is 12.3 Å². The smallest absolute Gasteiger partial charge is 0.323 e. The molecular formula is C12H17ClN2O2. The number of rotatable bonds is 4. The maximum absolute atomic E-state index is 11.4. The van der Waals surface area contributed by atoms with Gasteiger partial charge >= 0.3 is 5.97 Å². The first-order valence-electron chi connectivity index (χ1n) is 5.42. The molecule has 0 saturated carbocycles. The quantitative estimate of drug-likeness (QED) is 0.634. The monoisotopic (exact) mass is 256 g/mol. The van der Waals surface area contributed by atoms with Gasteiger partial charge in [0.15, 0.2) is 0 Å². The van der Waals surface area contributed by atoms with Crippen LogP contribution in [0.2, 0.25) is 5.02 Å². The Labute approximate surface area is 106 Å². The minimum absolute atomic E-state index is 0.327. The molecule has 1 unspecified atom stereocenters. The summed E-state index contributed by atoms with van der Waals surface area (Å²) in [5, 5.41) is 0.482. The van der Waals surface area contributed by atoms with E-state index in [2.05, 4.69) is 0 Å². The number of carbonyl (C=O) groups is 1. The highest BCUT2D eigenvalue weighted by molar-refractivity contribution is 6.33. The zero-order valence-corrected chi connectivity index (χ0v) is 10.8. The lowest BCUT2D eigenvalue weighted by molar-refractivity contribution is -0.144. The van der Waals surface area contributed by atoms with E-state index in [0.29, 0.717) is 23.7 Å². The number of halogens is 1. The summed E-state index contributed by atoms with van der Waals surface area (Å²) in [6.45, 7) is 3.93. The number of carbonyl (C=O) groups excluding carboxylic acids is 1. The van der Waals surface area contributed by atoms with Gasteiger partial charge in [-0.1, -0.05) is 17.7 Å². The lowest BCUT2D eigenvalue weighted by atomic mass is 10.0. The third-order valence-corrected chi connectivity index (χ3v) is 2.75. The Bertz CT molecular complexity index is 398. The van der Waals surface area contributed by atoms with E-state index in [1.54, 1.807) is 13.0 Å². The molecule has 5 heteroatoms. The van der Waals surface area contributed by atoms with Gasteiger partial charge in [-0.2, -0.15) is 0 Å². The van der Waals surface area contributed by atoms with Gasteiger partial charge in [0, 0.05) is 0 Å². The van der Waals surface area contributed by atoms with Gasteiger partial charge in [0.25, 0.3) is 0 Å². The fourth-order valence-electron chi connectivity index (χ4n) is 1.53. The average molecular weight is 257 g/mol. The van der Waals surface area contributed by atoms with Crippen LogP contribution in [0.4, 0.5) is 5.69 Å². The first-order chi connectivity index (χ1) is 7.95. The summed E-state index contributed by atoms with van der Waals surface area (Å²) in [6.07, 6.45) is 0.389. The lowest BCUT2D eigenvalue weighted by Crippen LogP contribution is -2.34. The molecular weight excluding hydrogens is 240 g/mol. The highest BCUT2D eigenvalue weighted by Crippen LogP contribution is 2.24. The van der Waals surface area contributed by atoms with Crippen molar-refractivity contribution in [2.24, 2.45) is 5.73 Å². The zero-order valence-electron chi connectivity index (χ0n) is 10.00. The molecule has 0 amide bonds. The van der Waals surface area contributed by atoms with Crippen LogP contribution in [-0.4, -0.2) is 18.6 Å². The van der Waals surface area contributed by atoms with Crippen molar-refractivity contribution < 1.29 is 9.53 Å². The molecule has 0 aliphatic heterocycles. The standard InChI is InChI=1S/C12H17ClN2O2/c1-3-17-12(16)10(14)6-8-4-7(2)11(15)9(13)5-8/h4-5,10H,3,6,14-15H2,1-2H3. The van der Waals surface area contributed by atoms with Crippen molar-refractivity contribution in [3.05, 3.63) is 28.3 Å². The second kappa shape index (κ2) is 5.89. The summed E-state index contributed by atoms with van der Waals surface area (Å²) >= 11 is 5.96. The minimum Gasteiger partial charge on any atom is -0.465 e. The van der Waals surface area contributed by atoms with Crippen molar-refractivity contribution in [1.29, 1.82) is 0 Å². The van der Waals surface area contributed by atoms with Gasteiger partial charge in [-0.05, 0) is 37.5 Å². The van der Waals surface area contributed by atoms with E-state index < -0.39 is 12.0 Å². The third kappa shape index (κ3) is 3.61. The zero-order chi connectivity index (χ0) is 13.0.